The number of tetrazole rings is 1. The van der Waals surface area contributed by atoms with E-state index < -0.39 is 0 Å². The van der Waals surface area contributed by atoms with Crippen LogP contribution in [0.25, 0.3) is 0 Å². The van der Waals surface area contributed by atoms with E-state index in [9.17, 15) is 0 Å². The van der Waals surface area contributed by atoms with Crippen LogP contribution in [-0.2, 0) is 7.05 Å². The van der Waals surface area contributed by atoms with Gasteiger partial charge in [0, 0.05) is 11.9 Å². The van der Waals surface area contributed by atoms with E-state index in [0.717, 1.165) is 10.1 Å². The molecule has 4 nitrogen and oxygen atoms in total. The molecule has 1 heterocycles. The molecule has 0 aliphatic rings. The number of rotatable bonds is 4. The molecule has 0 radical (unpaired) electrons. The first-order valence-electron chi connectivity index (χ1n) is 5.71. The summed E-state index contributed by atoms with van der Waals surface area (Å²) < 4.78 is 1.67. The summed E-state index contributed by atoms with van der Waals surface area (Å²) in [5, 5.41) is 12.2. The highest BCUT2D eigenvalue weighted by Gasteiger charge is 2.06. The van der Waals surface area contributed by atoms with Crippen molar-refractivity contribution < 1.29 is 0 Å². The van der Waals surface area contributed by atoms with E-state index in [4.69, 9.17) is 0 Å². The maximum Gasteiger partial charge on any atom is 0.213 e. The summed E-state index contributed by atoms with van der Waals surface area (Å²) in [6.45, 7) is 4.45. The molecule has 5 heteroatoms. The average molecular weight is 248 g/mol. The van der Waals surface area contributed by atoms with Crippen LogP contribution in [-0.4, -0.2) is 20.2 Å². The fraction of sp³-hybridized carbons (Fsp3) is 0.417. The Bertz CT molecular complexity index is 478. The second kappa shape index (κ2) is 5.31. The predicted molar refractivity (Wildman–Crippen MR) is 68.1 cm³/mol. The van der Waals surface area contributed by atoms with E-state index in [2.05, 4.69) is 53.6 Å². The van der Waals surface area contributed by atoms with Crippen LogP contribution in [0.3, 0.4) is 0 Å². The molecule has 0 bridgehead atoms. The van der Waals surface area contributed by atoms with E-state index in [-0.39, 0.29) is 0 Å². The van der Waals surface area contributed by atoms with Crippen LogP contribution in [0.1, 0.15) is 31.7 Å². The highest BCUT2D eigenvalue weighted by atomic mass is 32.2. The lowest BCUT2D eigenvalue weighted by Crippen LogP contribution is -1.93. The molecule has 0 amide bonds. The Labute approximate surface area is 105 Å². The molecule has 0 aliphatic carbocycles. The van der Waals surface area contributed by atoms with Crippen molar-refractivity contribution in [3.05, 3.63) is 29.8 Å². The fourth-order valence-corrected chi connectivity index (χ4v) is 2.24. The SMILES string of the molecule is CCC(C)c1ccc(Sc2nnnn2C)cc1. The lowest BCUT2D eigenvalue weighted by Gasteiger charge is -2.09. The number of hydrogen-bond donors (Lipinski definition) is 0. The molecule has 90 valence electrons. The van der Waals surface area contributed by atoms with Crippen LogP contribution < -0.4 is 0 Å². The first-order valence-corrected chi connectivity index (χ1v) is 6.52. The summed E-state index contributed by atoms with van der Waals surface area (Å²) >= 11 is 1.58. The Balaban J connectivity index is 2.11. The molecule has 2 aromatic rings. The zero-order chi connectivity index (χ0) is 12.3. The summed E-state index contributed by atoms with van der Waals surface area (Å²) in [5.74, 6) is 0.616. The van der Waals surface area contributed by atoms with Crippen molar-refractivity contribution in [1.82, 2.24) is 20.2 Å². The molecule has 0 spiro atoms. The molecule has 0 saturated heterocycles. The van der Waals surface area contributed by atoms with Gasteiger partial charge in [0.05, 0.1) is 0 Å². The van der Waals surface area contributed by atoms with Gasteiger partial charge >= 0.3 is 0 Å². The average Bonchev–Trinajstić information content (AvgIpc) is 2.75. The van der Waals surface area contributed by atoms with Crippen LogP contribution in [0.2, 0.25) is 0 Å². The minimum absolute atomic E-state index is 0.616. The Morgan fingerprint density at radius 3 is 2.53 bits per heavy atom. The molecule has 0 aliphatic heterocycles. The maximum absolute atomic E-state index is 3.95. The first-order chi connectivity index (χ1) is 8.20. The topological polar surface area (TPSA) is 43.6 Å². The molecule has 0 saturated carbocycles. The second-order valence-electron chi connectivity index (χ2n) is 4.07. The molecule has 0 N–H and O–H groups in total. The van der Waals surface area contributed by atoms with Crippen LogP contribution in [0.4, 0.5) is 0 Å². The third-order valence-electron chi connectivity index (χ3n) is 2.85. The Kier molecular flexibility index (Phi) is 3.78. The van der Waals surface area contributed by atoms with Gasteiger partial charge < -0.3 is 0 Å². The standard InChI is InChI=1S/C12H16N4S/c1-4-9(2)10-5-7-11(8-6-10)17-12-13-14-15-16(12)3/h5-9H,4H2,1-3H3. The highest BCUT2D eigenvalue weighted by Crippen LogP contribution is 2.27. The van der Waals surface area contributed by atoms with Crippen LogP contribution >= 0.6 is 11.8 Å². The molecule has 1 atom stereocenters. The largest absolute Gasteiger partial charge is 0.223 e. The summed E-state index contributed by atoms with van der Waals surface area (Å²) in [7, 11) is 1.84. The lowest BCUT2D eigenvalue weighted by atomic mass is 9.99. The smallest absolute Gasteiger partial charge is 0.213 e. The predicted octanol–water partition coefficient (Wildman–Crippen LogP) is 2.87. The van der Waals surface area contributed by atoms with E-state index in [1.807, 2.05) is 7.05 Å². The van der Waals surface area contributed by atoms with Crippen LogP contribution in [0.15, 0.2) is 34.3 Å². The van der Waals surface area contributed by atoms with Crippen LogP contribution in [0.5, 0.6) is 0 Å². The normalized spacial score (nSPS) is 12.6. The van der Waals surface area contributed by atoms with E-state index >= 15 is 0 Å². The van der Waals surface area contributed by atoms with Crippen molar-refractivity contribution >= 4 is 11.8 Å². The van der Waals surface area contributed by atoms with E-state index in [1.54, 1.807) is 16.4 Å². The van der Waals surface area contributed by atoms with Gasteiger partial charge in [-0.05, 0) is 52.2 Å². The van der Waals surface area contributed by atoms with E-state index in [0.29, 0.717) is 5.92 Å². The van der Waals surface area contributed by atoms with Crippen molar-refractivity contribution in [2.75, 3.05) is 0 Å². The molecule has 0 fully saturated rings. The minimum atomic E-state index is 0.616. The summed E-state index contributed by atoms with van der Waals surface area (Å²) in [6, 6.07) is 8.61. The zero-order valence-electron chi connectivity index (χ0n) is 10.3. The third kappa shape index (κ3) is 2.85. The molecular weight excluding hydrogens is 232 g/mol. The number of benzene rings is 1. The summed E-state index contributed by atoms with van der Waals surface area (Å²) in [4.78, 5) is 1.16. The van der Waals surface area contributed by atoms with Crippen molar-refractivity contribution in [2.24, 2.45) is 7.05 Å². The Morgan fingerprint density at radius 2 is 2.00 bits per heavy atom. The van der Waals surface area contributed by atoms with Gasteiger partial charge in [0.1, 0.15) is 0 Å². The molecule has 1 aromatic carbocycles. The minimum Gasteiger partial charge on any atom is -0.223 e. The van der Waals surface area contributed by atoms with Gasteiger partial charge in [0.15, 0.2) is 0 Å². The molecule has 2 rings (SSSR count). The van der Waals surface area contributed by atoms with Crippen LogP contribution in [0, 0.1) is 0 Å². The van der Waals surface area contributed by atoms with Gasteiger partial charge in [-0.1, -0.05) is 26.0 Å². The monoisotopic (exact) mass is 248 g/mol. The fourth-order valence-electron chi connectivity index (χ4n) is 1.51. The van der Waals surface area contributed by atoms with Crippen molar-refractivity contribution in [3.63, 3.8) is 0 Å². The van der Waals surface area contributed by atoms with Gasteiger partial charge in [0.25, 0.3) is 0 Å². The zero-order valence-corrected chi connectivity index (χ0v) is 11.1. The quantitative estimate of drug-likeness (QED) is 0.834. The second-order valence-corrected chi connectivity index (χ2v) is 5.11. The lowest BCUT2D eigenvalue weighted by molar-refractivity contribution is 0.664. The molecular formula is C12H16N4S. The number of nitrogens with zero attached hydrogens (tertiary/aromatic N) is 4. The van der Waals surface area contributed by atoms with Crippen molar-refractivity contribution in [1.29, 1.82) is 0 Å². The summed E-state index contributed by atoms with van der Waals surface area (Å²) in [6.07, 6.45) is 1.17. The Hall–Kier alpha value is -1.36. The highest BCUT2D eigenvalue weighted by molar-refractivity contribution is 7.99. The molecule has 1 unspecified atom stereocenters. The van der Waals surface area contributed by atoms with Gasteiger partial charge in [-0.3, -0.25) is 0 Å². The van der Waals surface area contributed by atoms with Crippen molar-refractivity contribution in [3.8, 4) is 0 Å². The van der Waals surface area contributed by atoms with Gasteiger partial charge in [-0.25, -0.2) is 4.68 Å². The Morgan fingerprint density at radius 1 is 1.29 bits per heavy atom. The maximum atomic E-state index is 3.95. The number of aryl methyl sites for hydroxylation is 1. The van der Waals surface area contributed by atoms with E-state index in [1.165, 1.54) is 12.0 Å². The van der Waals surface area contributed by atoms with Gasteiger partial charge in [-0.2, -0.15) is 0 Å². The summed E-state index contributed by atoms with van der Waals surface area (Å²) in [5.41, 5.74) is 1.38. The first kappa shape index (κ1) is 12.1. The third-order valence-corrected chi connectivity index (χ3v) is 3.89. The molecule has 1 aromatic heterocycles. The number of aromatic nitrogens is 4. The molecule has 17 heavy (non-hydrogen) atoms. The van der Waals surface area contributed by atoms with Crippen molar-refractivity contribution in [2.45, 2.75) is 36.2 Å². The van der Waals surface area contributed by atoms with Gasteiger partial charge in [-0.15, -0.1) is 5.10 Å². The number of hydrogen-bond acceptors (Lipinski definition) is 4. The van der Waals surface area contributed by atoms with Gasteiger partial charge in [0.2, 0.25) is 5.16 Å².